The second-order valence-corrected chi connectivity index (χ2v) is 6.21. The Morgan fingerprint density at radius 3 is 2.36 bits per heavy atom. The second-order valence-electron chi connectivity index (χ2n) is 6.21. The van der Waals surface area contributed by atoms with E-state index in [0.29, 0.717) is 11.0 Å². The third-order valence-electron chi connectivity index (χ3n) is 3.90. The first-order chi connectivity index (χ1) is 6.37. The molecule has 0 saturated carbocycles. The Labute approximate surface area is 89.9 Å². The van der Waals surface area contributed by atoms with Gasteiger partial charge in [0.15, 0.2) is 0 Å². The number of piperidine rings is 1. The highest BCUT2D eigenvalue weighted by Crippen LogP contribution is 2.31. The van der Waals surface area contributed by atoms with Gasteiger partial charge in [0.05, 0.1) is 0 Å². The molecule has 0 bridgehead atoms. The van der Waals surface area contributed by atoms with E-state index < -0.39 is 0 Å². The molecule has 1 heterocycles. The van der Waals surface area contributed by atoms with E-state index in [1.165, 1.54) is 38.8 Å². The Kier molecular flexibility index (Phi) is 3.63. The Morgan fingerprint density at radius 2 is 1.86 bits per heavy atom. The standard InChI is InChI=1S/C13H27N/c1-6-12(2,3)11-14-10-8-7-9-13(14,4)5/h6-11H2,1-5H3. The van der Waals surface area contributed by atoms with Gasteiger partial charge in [-0.2, -0.15) is 0 Å². The van der Waals surface area contributed by atoms with Crippen molar-refractivity contribution in [3.8, 4) is 0 Å². The molecule has 0 amide bonds. The zero-order chi connectivity index (χ0) is 10.8. The summed E-state index contributed by atoms with van der Waals surface area (Å²) in [5.74, 6) is 0. The number of likely N-dealkylation sites (tertiary alicyclic amines) is 1. The average Bonchev–Trinajstić information content (AvgIpc) is 2.09. The van der Waals surface area contributed by atoms with Crippen LogP contribution in [0.3, 0.4) is 0 Å². The number of nitrogens with zero attached hydrogens (tertiary/aromatic N) is 1. The van der Waals surface area contributed by atoms with Gasteiger partial charge >= 0.3 is 0 Å². The monoisotopic (exact) mass is 197 g/mol. The molecule has 1 aliphatic heterocycles. The van der Waals surface area contributed by atoms with Crippen molar-refractivity contribution in [3.05, 3.63) is 0 Å². The van der Waals surface area contributed by atoms with Crippen LogP contribution in [0.1, 0.15) is 60.3 Å². The molecule has 0 aliphatic carbocycles. The van der Waals surface area contributed by atoms with Crippen LogP contribution in [0, 0.1) is 5.41 Å². The molecule has 1 heteroatoms. The molecule has 1 nitrogen and oxygen atoms in total. The van der Waals surface area contributed by atoms with Gasteiger partial charge in [-0.3, -0.25) is 4.90 Å². The van der Waals surface area contributed by atoms with E-state index in [-0.39, 0.29) is 0 Å². The molecule has 0 aromatic heterocycles. The van der Waals surface area contributed by atoms with Crippen molar-refractivity contribution in [3.63, 3.8) is 0 Å². The van der Waals surface area contributed by atoms with Crippen LogP contribution < -0.4 is 0 Å². The summed E-state index contributed by atoms with van der Waals surface area (Å²) in [5.41, 5.74) is 0.916. The molecule has 0 radical (unpaired) electrons. The van der Waals surface area contributed by atoms with E-state index >= 15 is 0 Å². The second kappa shape index (κ2) is 4.22. The summed E-state index contributed by atoms with van der Waals surface area (Å²) in [4.78, 5) is 2.69. The van der Waals surface area contributed by atoms with Gasteiger partial charge in [-0.1, -0.05) is 27.2 Å². The zero-order valence-corrected chi connectivity index (χ0v) is 10.7. The summed E-state index contributed by atoms with van der Waals surface area (Å²) in [7, 11) is 0. The maximum Gasteiger partial charge on any atom is 0.0153 e. The molecule has 0 spiro atoms. The van der Waals surface area contributed by atoms with Crippen LogP contribution in [0.5, 0.6) is 0 Å². The predicted octanol–water partition coefficient (Wildman–Crippen LogP) is 3.69. The first kappa shape index (κ1) is 12.0. The Bertz CT molecular complexity index is 182. The fourth-order valence-electron chi connectivity index (χ4n) is 2.24. The predicted molar refractivity (Wildman–Crippen MR) is 63.6 cm³/mol. The van der Waals surface area contributed by atoms with E-state index in [0.717, 1.165) is 0 Å². The van der Waals surface area contributed by atoms with Crippen LogP contribution in [-0.2, 0) is 0 Å². The lowest BCUT2D eigenvalue weighted by Crippen LogP contribution is -2.50. The molecule has 84 valence electrons. The minimum absolute atomic E-state index is 0.435. The lowest BCUT2D eigenvalue weighted by atomic mass is 9.84. The maximum absolute atomic E-state index is 2.69. The van der Waals surface area contributed by atoms with Crippen molar-refractivity contribution in [2.75, 3.05) is 13.1 Å². The quantitative estimate of drug-likeness (QED) is 0.667. The Balaban J connectivity index is 2.58. The average molecular weight is 197 g/mol. The topological polar surface area (TPSA) is 3.24 Å². The molecule has 1 saturated heterocycles. The summed E-state index contributed by atoms with van der Waals surface area (Å²) in [6.07, 6.45) is 5.45. The minimum Gasteiger partial charge on any atom is -0.298 e. The maximum atomic E-state index is 2.69. The van der Waals surface area contributed by atoms with E-state index in [9.17, 15) is 0 Å². The van der Waals surface area contributed by atoms with Crippen LogP contribution in [-0.4, -0.2) is 23.5 Å². The zero-order valence-electron chi connectivity index (χ0n) is 10.7. The summed E-state index contributed by atoms with van der Waals surface area (Å²) in [5, 5.41) is 0. The lowest BCUT2D eigenvalue weighted by Gasteiger charge is -2.46. The molecule has 0 aromatic rings. The largest absolute Gasteiger partial charge is 0.298 e. The van der Waals surface area contributed by atoms with Gasteiger partial charge in [-0.05, 0) is 45.1 Å². The molecular formula is C13H27N. The summed E-state index contributed by atoms with van der Waals surface area (Å²) < 4.78 is 0. The molecular weight excluding hydrogens is 170 g/mol. The minimum atomic E-state index is 0.435. The SMILES string of the molecule is CCC(C)(C)CN1CCCCC1(C)C. The summed E-state index contributed by atoms with van der Waals surface area (Å²) >= 11 is 0. The molecule has 0 atom stereocenters. The highest BCUT2D eigenvalue weighted by molar-refractivity contribution is 4.88. The summed E-state index contributed by atoms with van der Waals surface area (Å²) in [6.45, 7) is 14.4. The van der Waals surface area contributed by atoms with Crippen molar-refractivity contribution in [1.82, 2.24) is 4.90 Å². The Hall–Kier alpha value is -0.0400. The third kappa shape index (κ3) is 2.98. The molecule has 1 fully saturated rings. The summed E-state index contributed by atoms with van der Waals surface area (Å²) in [6, 6.07) is 0. The number of hydrogen-bond donors (Lipinski definition) is 0. The van der Waals surface area contributed by atoms with E-state index in [4.69, 9.17) is 0 Å². The van der Waals surface area contributed by atoms with E-state index in [1.54, 1.807) is 0 Å². The smallest absolute Gasteiger partial charge is 0.0153 e. The van der Waals surface area contributed by atoms with Crippen molar-refractivity contribution >= 4 is 0 Å². The van der Waals surface area contributed by atoms with Gasteiger partial charge < -0.3 is 0 Å². The van der Waals surface area contributed by atoms with Crippen LogP contribution in [0.4, 0.5) is 0 Å². The van der Waals surface area contributed by atoms with Crippen molar-refractivity contribution in [2.45, 2.75) is 65.8 Å². The molecule has 1 aliphatic rings. The first-order valence-electron chi connectivity index (χ1n) is 6.12. The van der Waals surface area contributed by atoms with Gasteiger partial charge in [0, 0.05) is 12.1 Å². The number of rotatable bonds is 3. The van der Waals surface area contributed by atoms with Gasteiger partial charge in [-0.15, -0.1) is 0 Å². The van der Waals surface area contributed by atoms with Crippen LogP contribution in [0.2, 0.25) is 0 Å². The fraction of sp³-hybridized carbons (Fsp3) is 1.00. The van der Waals surface area contributed by atoms with Crippen LogP contribution in [0.15, 0.2) is 0 Å². The molecule has 1 rings (SSSR count). The van der Waals surface area contributed by atoms with Crippen molar-refractivity contribution < 1.29 is 0 Å². The van der Waals surface area contributed by atoms with E-state index in [2.05, 4.69) is 39.5 Å². The Morgan fingerprint density at radius 1 is 1.21 bits per heavy atom. The molecule has 0 aromatic carbocycles. The van der Waals surface area contributed by atoms with Crippen LogP contribution in [0.25, 0.3) is 0 Å². The number of hydrogen-bond acceptors (Lipinski definition) is 1. The van der Waals surface area contributed by atoms with Gasteiger partial charge in [0.2, 0.25) is 0 Å². The van der Waals surface area contributed by atoms with Gasteiger partial charge in [0.1, 0.15) is 0 Å². The molecule has 14 heavy (non-hydrogen) atoms. The first-order valence-corrected chi connectivity index (χ1v) is 6.12. The fourth-order valence-corrected chi connectivity index (χ4v) is 2.24. The normalized spacial score (nSPS) is 23.8. The lowest BCUT2D eigenvalue weighted by molar-refractivity contribution is 0.0388. The van der Waals surface area contributed by atoms with Crippen LogP contribution >= 0.6 is 0 Å². The third-order valence-corrected chi connectivity index (χ3v) is 3.90. The highest BCUT2D eigenvalue weighted by Gasteiger charge is 2.32. The highest BCUT2D eigenvalue weighted by atomic mass is 15.2. The van der Waals surface area contributed by atoms with Gasteiger partial charge in [0.25, 0.3) is 0 Å². The molecule has 0 N–H and O–H groups in total. The van der Waals surface area contributed by atoms with Crippen molar-refractivity contribution in [1.29, 1.82) is 0 Å². The van der Waals surface area contributed by atoms with Crippen molar-refractivity contribution in [2.24, 2.45) is 5.41 Å². The molecule has 0 unspecified atom stereocenters. The van der Waals surface area contributed by atoms with E-state index in [1.807, 2.05) is 0 Å². The van der Waals surface area contributed by atoms with Gasteiger partial charge in [-0.25, -0.2) is 0 Å².